The fourth-order valence-corrected chi connectivity index (χ4v) is 27.3. The predicted octanol–water partition coefficient (Wildman–Crippen LogP) is 9.21. The predicted molar refractivity (Wildman–Crippen MR) is 220 cm³/mol. The van der Waals surface area contributed by atoms with Gasteiger partial charge in [-0.3, -0.25) is 0 Å². The molecule has 272 valence electrons. The van der Waals surface area contributed by atoms with Crippen molar-refractivity contribution in [3.63, 3.8) is 0 Å². The molecule has 0 spiro atoms. The number of rotatable bonds is 26. The van der Waals surface area contributed by atoms with Crippen molar-refractivity contribution in [3.8, 4) is 0 Å². The molecule has 0 atom stereocenters. The molecular formula is C29H78O7Si9. The molecule has 0 aliphatic heterocycles. The average Bonchev–Trinajstić information content (AvgIpc) is 2.79. The van der Waals surface area contributed by atoms with Gasteiger partial charge in [0.2, 0.25) is 0 Å². The van der Waals surface area contributed by atoms with Gasteiger partial charge in [-0.05, 0) is 161 Å². The van der Waals surface area contributed by atoms with Crippen LogP contribution >= 0.6 is 0 Å². The molecule has 0 aromatic heterocycles. The van der Waals surface area contributed by atoms with Crippen molar-refractivity contribution >= 4 is 77.5 Å². The summed E-state index contributed by atoms with van der Waals surface area (Å²) in [5.41, 5.74) is 0. The first-order chi connectivity index (χ1) is 20.0. The molecule has 0 N–H and O–H groups in total. The second-order valence-corrected chi connectivity index (χ2v) is 53.8. The molecule has 0 rings (SSSR count). The Kier molecular flexibility index (Phi) is 20.0. The summed E-state index contributed by atoms with van der Waals surface area (Å²) in [4.78, 5) is 0. The van der Waals surface area contributed by atoms with Crippen LogP contribution in [0.5, 0.6) is 0 Å². The molecule has 0 aliphatic rings. The van der Waals surface area contributed by atoms with Crippen LogP contribution in [-0.2, 0) is 29.7 Å². The maximum atomic E-state index is 7.49. The molecule has 0 aliphatic carbocycles. The van der Waals surface area contributed by atoms with Crippen LogP contribution in [0.4, 0.5) is 0 Å². The molecule has 0 bridgehead atoms. The monoisotopic (exact) mass is 790 g/mol. The third kappa shape index (κ3) is 26.2. The molecule has 0 saturated heterocycles. The average molecular weight is 792 g/mol. The lowest BCUT2D eigenvalue weighted by Gasteiger charge is -2.45. The van der Waals surface area contributed by atoms with Crippen molar-refractivity contribution < 1.29 is 29.7 Å². The van der Waals surface area contributed by atoms with Gasteiger partial charge in [-0.25, -0.2) is 0 Å². The molecule has 0 heterocycles. The zero-order chi connectivity index (χ0) is 35.4. The molecule has 45 heavy (non-hydrogen) atoms. The lowest BCUT2D eigenvalue weighted by atomic mass is 10.5. The zero-order valence-corrected chi connectivity index (χ0v) is 43.3. The van der Waals surface area contributed by atoms with Gasteiger partial charge in [0.25, 0.3) is 0 Å². The standard InChI is InChI=1S/C29H78O7Si9/c1-38(2,3)30-22-18-25-42(12,13)34-45(29-21-28-41(10,11)33-37,35-43(14,15)26-19-23-31-39(4,5)6)36-44(16,17)27-20-24-32-40(7,8)9/h18-29H2,1-17,37H3. The second-order valence-electron chi connectivity index (χ2n) is 18.3. The lowest BCUT2D eigenvalue weighted by molar-refractivity contribution is 0.240. The van der Waals surface area contributed by atoms with E-state index in [0.29, 0.717) is 0 Å². The highest BCUT2D eigenvalue weighted by molar-refractivity contribution is 6.91. The normalized spacial score (nSPS) is 14.9. The van der Waals surface area contributed by atoms with Crippen molar-refractivity contribution in [3.05, 3.63) is 0 Å². The number of hydrogen-bond donors (Lipinski definition) is 0. The first-order valence-corrected chi connectivity index (χ1v) is 43.0. The van der Waals surface area contributed by atoms with E-state index in [-0.39, 0.29) is 0 Å². The van der Waals surface area contributed by atoms with Crippen LogP contribution in [0.25, 0.3) is 0 Å². The Hall–Kier alpha value is 1.67. The topological polar surface area (TPSA) is 64.6 Å². The molecule has 0 aromatic rings. The van der Waals surface area contributed by atoms with Crippen molar-refractivity contribution in [2.45, 2.75) is 167 Å². The largest absolute Gasteiger partial charge is 0.469 e. The Bertz CT molecular complexity index is 736. The highest BCUT2D eigenvalue weighted by Gasteiger charge is 2.52. The first-order valence-electron chi connectivity index (χ1n) is 17.6. The van der Waals surface area contributed by atoms with E-state index in [0.717, 1.165) is 86.2 Å². The van der Waals surface area contributed by atoms with Crippen LogP contribution in [0.3, 0.4) is 0 Å². The summed E-state index contributed by atoms with van der Waals surface area (Å²) >= 11 is 0. The van der Waals surface area contributed by atoms with Crippen LogP contribution in [0.2, 0.25) is 142 Å². The highest BCUT2D eigenvalue weighted by Crippen LogP contribution is 2.35. The fraction of sp³-hybridized carbons (Fsp3) is 1.00. The van der Waals surface area contributed by atoms with Crippen LogP contribution < -0.4 is 0 Å². The minimum absolute atomic E-state index is 0.799. The molecule has 0 fully saturated rings. The molecule has 0 aromatic carbocycles. The summed E-state index contributed by atoms with van der Waals surface area (Å²) in [6, 6.07) is 5.17. The summed E-state index contributed by atoms with van der Waals surface area (Å²) in [7, 11) is -14.9. The maximum Gasteiger partial charge on any atom is 0.469 e. The third-order valence-corrected chi connectivity index (χ3v) is 32.7. The van der Waals surface area contributed by atoms with Crippen molar-refractivity contribution in [1.29, 1.82) is 0 Å². The van der Waals surface area contributed by atoms with E-state index in [1.807, 2.05) is 0 Å². The molecule has 0 saturated carbocycles. The number of hydrogen-bond acceptors (Lipinski definition) is 7. The van der Waals surface area contributed by atoms with Gasteiger partial charge >= 0.3 is 8.80 Å². The minimum atomic E-state index is -3.04. The van der Waals surface area contributed by atoms with Gasteiger partial charge in [0.1, 0.15) is 10.5 Å². The Balaban J connectivity index is 6.28. The Labute approximate surface area is 292 Å². The van der Waals surface area contributed by atoms with E-state index in [1.165, 1.54) is 0 Å². The van der Waals surface area contributed by atoms with E-state index in [2.05, 4.69) is 111 Å². The van der Waals surface area contributed by atoms with E-state index >= 15 is 0 Å². The summed E-state index contributed by atoms with van der Waals surface area (Å²) in [6.07, 6.45) is 4.15. The smallest absolute Gasteiger partial charge is 0.463 e. The van der Waals surface area contributed by atoms with Crippen LogP contribution in [0, 0.1) is 0 Å². The van der Waals surface area contributed by atoms with E-state index in [9.17, 15) is 0 Å². The Morgan fingerprint density at radius 2 is 0.622 bits per heavy atom. The first kappa shape index (κ1) is 46.7. The van der Waals surface area contributed by atoms with Crippen LogP contribution in [-0.4, -0.2) is 97.3 Å². The summed E-state index contributed by atoms with van der Waals surface area (Å²) in [5.74, 6) is 0. The highest BCUT2D eigenvalue weighted by atomic mass is 28.5. The molecular weight excluding hydrogens is 713 g/mol. The lowest BCUT2D eigenvalue weighted by Crippen LogP contribution is -2.62. The summed E-state index contributed by atoms with van der Waals surface area (Å²) < 4.78 is 47.3. The van der Waals surface area contributed by atoms with Gasteiger partial charge in [-0.15, -0.1) is 0 Å². The molecule has 0 amide bonds. The molecule has 7 nitrogen and oxygen atoms in total. The maximum absolute atomic E-state index is 7.49. The molecule has 16 heteroatoms. The van der Waals surface area contributed by atoms with Gasteiger partial charge in [0.15, 0.2) is 58.2 Å². The van der Waals surface area contributed by atoms with E-state index < -0.39 is 67.0 Å². The molecule has 0 unspecified atom stereocenters. The van der Waals surface area contributed by atoms with Crippen LogP contribution in [0.1, 0.15) is 25.7 Å². The van der Waals surface area contributed by atoms with Crippen LogP contribution in [0.15, 0.2) is 0 Å². The zero-order valence-electron chi connectivity index (χ0n) is 33.3. The van der Waals surface area contributed by atoms with Crippen molar-refractivity contribution in [2.75, 3.05) is 19.8 Å². The summed E-state index contributed by atoms with van der Waals surface area (Å²) in [6.45, 7) is 41.8. The van der Waals surface area contributed by atoms with Gasteiger partial charge in [-0.1, -0.05) is 0 Å². The van der Waals surface area contributed by atoms with Gasteiger partial charge < -0.3 is 29.7 Å². The minimum Gasteiger partial charge on any atom is -0.463 e. The molecule has 0 radical (unpaired) electrons. The van der Waals surface area contributed by atoms with Gasteiger partial charge in [0.05, 0.1) is 0 Å². The quantitative estimate of drug-likeness (QED) is 0.0640. The van der Waals surface area contributed by atoms with Gasteiger partial charge in [0, 0.05) is 25.9 Å². The van der Waals surface area contributed by atoms with Gasteiger partial charge in [-0.2, -0.15) is 0 Å². The SMILES string of the molecule is C[Si](C)(C)OCCC[Si](C)(C)O[Si](CCC[Si](C)(C)O[SiH3])(O[Si](C)(C)CCCO[Si](C)(C)C)O[Si](C)(C)CCCO[Si](C)(C)C. The second kappa shape index (κ2) is 19.3. The third-order valence-electron chi connectivity index (χ3n) is 7.48. The fourth-order valence-electron chi connectivity index (χ4n) is 5.09. The van der Waals surface area contributed by atoms with Crippen molar-refractivity contribution in [1.82, 2.24) is 0 Å². The van der Waals surface area contributed by atoms with E-state index in [1.54, 1.807) is 0 Å². The summed E-state index contributed by atoms with van der Waals surface area (Å²) in [5, 5.41) is 0. The van der Waals surface area contributed by atoms with Crippen molar-refractivity contribution in [2.24, 2.45) is 0 Å². The Morgan fingerprint density at radius 1 is 0.356 bits per heavy atom. The van der Waals surface area contributed by atoms with E-state index in [4.69, 9.17) is 29.7 Å². The Morgan fingerprint density at radius 3 is 0.867 bits per heavy atom.